The molecule has 0 aliphatic rings. The van der Waals surface area contributed by atoms with Crippen LogP contribution in [0.2, 0.25) is 0 Å². The van der Waals surface area contributed by atoms with Gasteiger partial charge in [-0.1, -0.05) is 12.1 Å². The molecule has 0 unspecified atom stereocenters. The van der Waals surface area contributed by atoms with Crippen LogP contribution in [-0.4, -0.2) is 23.2 Å². The first-order valence-electron chi connectivity index (χ1n) is 6.41. The third-order valence-electron chi connectivity index (χ3n) is 2.49. The van der Waals surface area contributed by atoms with Crippen molar-refractivity contribution in [2.45, 2.75) is 46.3 Å². The van der Waals surface area contributed by atoms with Crippen LogP contribution in [0.4, 0.5) is 0 Å². The van der Waals surface area contributed by atoms with Gasteiger partial charge in [0.15, 0.2) is 6.61 Å². The summed E-state index contributed by atoms with van der Waals surface area (Å²) in [6.07, 6.45) is -0.624. The fourth-order valence-electron chi connectivity index (χ4n) is 1.71. The molecule has 4 nitrogen and oxygen atoms in total. The van der Waals surface area contributed by atoms with Crippen molar-refractivity contribution in [2.24, 2.45) is 0 Å². The smallest absolute Gasteiger partial charge is 0.258 e. The van der Waals surface area contributed by atoms with Gasteiger partial charge in [-0.05, 0) is 46.2 Å². The number of ether oxygens (including phenoxy) is 1. The minimum absolute atomic E-state index is 0.0551. The van der Waals surface area contributed by atoms with Crippen molar-refractivity contribution >= 4 is 5.91 Å². The average Bonchev–Trinajstić information content (AvgIpc) is 2.23. The van der Waals surface area contributed by atoms with Crippen molar-refractivity contribution in [3.8, 4) is 5.75 Å². The van der Waals surface area contributed by atoms with E-state index in [9.17, 15) is 9.90 Å². The number of benzene rings is 1. The first kappa shape index (κ1) is 15.5. The predicted octanol–water partition coefficient (Wildman–Crippen LogP) is 2.34. The lowest BCUT2D eigenvalue weighted by atomic mass is 10.1. The Bertz CT molecular complexity index is 447. The summed E-state index contributed by atoms with van der Waals surface area (Å²) in [7, 11) is 0. The Morgan fingerprint density at radius 3 is 2.58 bits per heavy atom. The molecule has 0 aromatic heterocycles. The predicted molar refractivity (Wildman–Crippen MR) is 75.2 cm³/mol. The fraction of sp³-hybridized carbons (Fsp3) is 0.533. The molecule has 0 saturated carbocycles. The van der Waals surface area contributed by atoms with Crippen molar-refractivity contribution in [2.75, 3.05) is 6.61 Å². The Hall–Kier alpha value is -1.55. The maximum Gasteiger partial charge on any atom is 0.258 e. The molecule has 19 heavy (non-hydrogen) atoms. The minimum atomic E-state index is -0.624. The SMILES string of the molecule is Cc1ccc([C@H](C)O)c(OCC(=O)NC(C)(C)C)c1. The highest BCUT2D eigenvalue weighted by atomic mass is 16.5. The first-order chi connectivity index (χ1) is 8.69. The van der Waals surface area contributed by atoms with Gasteiger partial charge in [-0.2, -0.15) is 0 Å². The molecule has 0 fully saturated rings. The highest BCUT2D eigenvalue weighted by Gasteiger charge is 2.15. The standard InChI is InChI=1S/C15H23NO3/c1-10-6-7-12(11(2)17)13(8-10)19-9-14(18)16-15(3,4)5/h6-8,11,17H,9H2,1-5H3,(H,16,18)/t11-/m0/s1. The van der Waals surface area contributed by atoms with E-state index in [0.29, 0.717) is 11.3 Å². The monoisotopic (exact) mass is 265 g/mol. The molecule has 0 aliphatic carbocycles. The second-order valence-corrected chi connectivity index (χ2v) is 5.80. The number of amides is 1. The van der Waals surface area contributed by atoms with E-state index in [4.69, 9.17) is 4.74 Å². The van der Waals surface area contributed by atoms with Crippen molar-refractivity contribution in [1.82, 2.24) is 5.32 Å². The number of aryl methyl sites for hydroxylation is 1. The van der Waals surface area contributed by atoms with Crippen molar-refractivity contribution < 1.29 is 14.6 Å². The van der Waals surface area contributed by atoms with Crippen LogP contribution in [0, 0.1) is 6.92 Å². The van der Waals surface area contributed by atoms with Crippen LogP contribution in [0.5, 0.6) is 5.75 Å². The number of nitrogens with one attached hydrogen (secondary N) is 1. The van der Waals surface area contributed by atoms with E-state index in [1.807, 2.05) is 45.9 Å². The number of hydrogen-bond acceptors (Lipinski definition) is 3. The molecule has 2 N–H and O–H groups in total. The molecule has 4 heteroatoms. The Balaban J connectivity index is 2.72. The van der Waals surface area contributed by atoms with Gasteiger partial charge < -0.3 is 15.2 Å². The van der Waals surface area contributed by atoms with Gasteiger partial charge >= 0.3 is 0 Å². The number of carbonyl (C=O) groups is 1. The number of hydrogen-bond donors (Lipinski definition) is 2. The van der Waals surface area contributed by atoms with Crippen molar-refractivity contribution in [3.63, 3.8) is 0 Å². The largest absolute Gasteiger partial charge is 0.483 e. The normalized spacial score (nSPS) is 12.9. The maximum atomic E-state index is 11.7. The topological polar surface area (TPSA) is 58.6 Å². The molecule has 0 saturated heterocycles. The number of aliphatic hydroxyl groups is 1. The third-order valence-corrected chi connectivity index (χ3v) is 2.49. The zero-order valence-electron chi connectivity index (χ0n) is 12.3. The Morgan fingerprint density at radius 1 is 1.42 bits per heavy atom. The molecule has 0 spiro atoms. The zero-order valence-corrected chi connectivity index (χ0v) is 12.3. The van der Waals surface area contributed by atoms with Crippen molar-refractivity contribution in [1.29, 1.82) is 0 Å². The quantitative estimate of drug-likeness (QED) is 0.878. The summed E-state index contributed by atoms with van der Waals surface area (Å²) < 4.78 is 5.51. The van der Waals surface area contributed by atoms with Gasteiger partial charge in [-0.15, -0.1) is 0 Å². The van der Waals surface area contributed by atoms with Gasteiger partial charge in [-0.3, -0.25) is 4.79 Å². The van der Waals surface area contributed by atoms with Gasteiger partial charge in [0.25, 0.3) is 5.91 Å². The maximum absolute atomic E-state index is 11.7. The molecule has 106 valence electrons. The molecule has 0 bridgehead atoms. The van der Waals surface area contributed by atoms with Gasteiger partial charge in [0, 0.05) is 11.1 Å². The van der Waals surface area contributed by atoms with E-state index >= 15 is 0 Å². The highest BCUT2D eigenvalue weighted by Crippen LogP contribution is 2.26. The highest BCUT2D eigenvalue weighted by molar-refractivity contribution is 5.78. The second kappa shape index (κ2) is 6.06. The van der Waals surface area contributed by atoms with Gasteiger partial charge in [-0.25, -0.2) is 0 Å². The van der Waals surface area contributed by atoms with E-state index < -0.39 is 6.10 Å². The van der Waals surface area contributed by atoms with Gasteiger partial charge in [0.05, 0.1) is 6.10 Å². The van der Waals surface area contributed by atoms with E-state index in [1.165, 1.54) is 0 Å². The summed E-state index contributed by atoms with van der Waals surface area (Å²) in [5.41, 5.74) is 1.44. The molecule has 1 aromatic rings. The lowest BCUT2D eigenvalue weighted by Crippen LogP contribution is -2.43. The van der Waals surface area contributed by atoms with Crippen LogP contribution in [0.3, 0.4) is 0 Å². The number of aliphatic hydroxyl groups excluding tert-OH is 1. The lowest BCUT2D eigenvalue weighted by Gasteiger charge is -2.21. The molecule has 1 atom stereocenters. The zero-order chi connectivity index (χ0) is 14.6. The summed E-state index contributed by atoms with van der Waals surface area (Å²) in [5, 5.41) is 12.5. The summed E-state index contributed by atoms with van der Waals surface area (Å²) in [6, 6.07) is 5.55. The van der Waals surface area contributed by atoms with Crippen LogP contribution < -0.4 is 10.1 Å². The number of rotatable bonds is 4. The van der Waals surface area contributed by atoms with Crippen LogP contribution in [0.1, 0.15) is 44.9 Å². The Kier molecular flexibility index (Phi) is 4.95. The van der Waals surface area contributed by atoms with Gasteiger partial charge in [0.1, 0.15) is 5.75 Å². The van der Waals surface area contributed by atoms with Crippen LogP contribution >= 0.6 is 0 Å². The Morgan fingerprint density at radius 2 is 2.05 bits per heavy atom. The summed E-state index contributed by atoms with van der Waals surface area (Å²) >= 11 is 0. The molecule has 1 rings (SSSR count). The van der Waals surface area contributed by atoms with Gasteiger partial charge in [0.2, 0.25) is 0 Å². The molecule has 1 aromatic carbocycles. The molecule has 0 aliphatic heterocycles. The summed E-state index contributed by atoms with van der Waals surface area (Å²) in [5.74, 6) is 0.379. The van der Waals surface area contributed by atoms with Crippen LogP contribution in [0.15, 0.2) is 18.2 Å². The minimum Gasteiger partial charge on any atom is -0.483 e. The lowest BCUT2D eigenvalue weighted by molar-refractivity contribution is -0.124. The van der Waals surface area contributed by atoms with Crippen LogP contribution in [-0.2, 0) is 4.79 Å². The summed E-state index contributed by atoms with van der Waals surface area (Å²) in [6.45, 7) is 9.30. The second-order valence-electron chi connectivity index (χ2n) is 5.80. The van der Waals surface area contributed by atoms with E-state index in [1.54, 1.807) is 6.92 Å². The van der Waals surface area contributed by atoms with Crippen LogP contribution in [0.25, 0.3) is 0 Å². The summed E-state index contributed by atoms with van der Waals surface area (Å²) in [4.78, 5) is 11.7. The van der Waals surface area contributed by atoms with E-state index in [-0.39, 0.29) is 18.1 Å². The third kappa shape index (κ3) is 5.30. The van der Waals surface area contributed by atoms with Crippen molar-refractivity contribution in [3.05, 3.63) is 29.3 Å². The fourth-order valence-corrected chi connectivity index (χ4v) is 1.71. The molecular formula is C15H23NO3. The number of carbonyl (C=O) groups excluding carboxylic acids is 1. The molecular weight excluding hydrogens is 242 g/mol. The van der Waals surface area contributed by atoms with E-state index in [2.05, 4.69) is 5.32 Å². The Labute approximate surface area is 114 Å². The molecule has 1 amide bonds. The molecule has 0 radical (unpaired) electrons. The average molecular weight is 265 g/mol. The van der Waals surface area contributed by atoms with E-state index in [0.717, 1.165) is 5.56 Å². The first-order valence-corrected chi connectivity index (χ1v) is 6.41. The molecule has 0 heterocycles.